The van der Waals surface area contributed by atoms with Crippen molar-refractivity contribution in [1.29, 1.82) is 0 Å². The van der Waals surface area contributed by atoms with Gasteiger partial charge < -0.3 is 30.0 Å². The second-order valence-corrected chi connectivity index (χ2v) is 1.19. The molecule has 8 nitrogen and oxygen atoms in total. The molecule has 0 aliphatic rings. The number of carboxylic acids is 4. The van der Waals surface area contributed by atoms with Gasteiger partial charge in [-0.2, -0.15) is 0 Å². The molecule has 9 heteroatoms. The van der Waals surface area contributed by atoms with Crippen molar-refractivity contribution < 1.29 is 39.6 Å². The third-order valence-corrected chi connectivity index (χ3v) is 0.349. The van der Waals surface area contributed by atoms with Crippen LogP contribution in [0, 0.1) is 0 Å². The molecule has 0 fully saturated rings. The fraction of sp³-hybridized carbons (Fsp3) is 0. The molecule has 68 valence electrons. The molecule has 0 aromatic carbocycles. The van der Waals surface area contributed by atoms with Gasteiger partial charge in [-0.1, -0.05) is 0 Å². The van der Waals surface area contributed by atoms with Gasteiger partial charge in [0, 0.05) is 0 Å². The van der Waals surface area contributed by atoms with Gasteiger partial charge >= 0.3 is 35.0 Å². The molecule has 0 aromatic heterocycles. The molecule has 0 amide bonds. The van der Waals surface area contributed by atoms with Crippen molar-refractivity contribution >= 4 is 46.9 Å². The zero-order valence-corrected chi connectivity index (χ0v) is 7.47. The van der Waals surface area contributed by atoms with E-state index in [4.69, 9.17) is 39.6 Å². The molecule has 0 heterocycles. The van der Waals surface area contributed by atoms with Crippen molar-refractivity contribution in [1.82, 2.24) is 0 Å². The van der Waals surface area contributed by atoms with Crippen molar-refractivity contribution in [2.45, 2.75) is 0 Å². The summed E-state index contributed by atoms with van der Waals surface area (Å²) in [6.07, 6.45) is 0. The van der Waals surface area contributed by atoms with Crippen LogP contribution >= 0.6 is 0 Å². The van der Waals surface area contributed by atoms with Crippen molar-refractivity contribution in [3.63, 3.8) is 0 Å². The minimum absolute atomic E-state index is 0. The molecular weight excluding hydrogens is 200 g/mol. The Morgan fingerprint density at radius 2 is 0.846 bits per heavy atom. The molecule has 0 rings (SSSR count). The van der Waals surface area contributed by atoms with E-state index in [1.165, 1.54) is 0 Å². The van der Waals surface area contributed by atoms with Crippen LogP contribution in [0.5, 0.6) is 0 Å². The largest absolute Gasteiger partial charge is 2.00 e. The molecule has 0 bridgehead atoms. The predicted octanol–water partition coefficient (Wildman–Crippen LogP) is -4.74. The van der Waals surface area contributed by atoms with Crippen LogP contribution in [0.3, 0.4) is 0 Å². The smallest absolute Gasteiger partial charge is 0.539 e. The third-order valence-electron chi connectivity index (χ3n) is 0.349. The van der Waals surface area contributed by atoms with E-state index >= 15 is 0 Å². The molecule has 0 radical (unpaired) electrons. The number of carbonyl (C=O) groups is 4. The Labute approximate surface area is 86.9 Å². The molecule has 0 aromatic rings. The quantitative estimate of drug-likeness (QED) is 0.293. The molecule has 13 heavy (non-hydrogen) atoms. The van der Waals surface area contributed by atoms with E-state index in [1.54, 1.807) is 0 Å². The number of hydrogen-bond acceptors (Lipinski definition) is 6. The summed E-state index contributed by atoms with van der Waals surface area (Å²) < 4.78 is 0. The van der Waals surface area contributed by atoms with E-state index in [9.17, 15) is 0 Å². The summed E-state index contributed by atoms with van der Waals surface area (Å²) in [6.45, 7) is 0. The summed E-state index contributed by atoms with van der Waals surface area (Å²) in [4.78, 5) is 36.1. The maximum atomic E-state index is 9.04. The van der Waals surface area contributed by atoms with E-state index in [-0.39, 0.29) is 23.1 Å². The Kier molecular flexibility index (Phi) is 11.9. The first kappa shape index (κ1) is 17.7. The summed E-state index contributed by atoms with van der Waals surface area (Å²) in [5.41, 5.74) is 0. The van der Waals surface area contributed by atoms with Crippen LogP contribution in [-0.4, -0.2) is 57.1 Å². The molecule has 0 saturated heterocycles. The van der Waals surface area contributed by atoms with Gasteiger partial charge in [0.1, 0.15) is 0 Å². The standard InChI is InChI=1S/2C2H2O4.Mg/c2*3-1(4)2(5)6;/h2*(H,3,4)(H,5,6);/q;;+2/p-2. The topological polar surface area (TPSA) is 155 Å². The van der Waals surface area contributed by atoms with Gasteiger partial charge in [-0.3, -0.25) is 0 Å². The number of carbonyl (C=O) groups excluding carboxylic acids is 2. The van der Waals surface area contributed by atoms with Crippen molar-refractivity contribution in [2.75, 3.05) is 0 Å². The molecule has 0 aliphatic carbocycles. The monoisotopic (exact) mass is 202 g/mol. The summed E-state index contributed by atoms with van der Waals surface area (Å²) >= 11 is 0. The van der Waals surface area contributed by atoms with Gasteiger partial charge in [-0.25, -0.2) is 9.59 Å². The Balaban J connectivity index is -0.000000143. The Hall–Kier alpha value is -1.35. The molecule has 0 spiro atoms. The zero-order valence-electron chi connectivity index (χ0n) is 6.05. The number of carboxylic acid groups (broad SMARTS) is 4. The number of hydrogen-bond donors (Lipinski definition) is 2. The molecule has 0 atom stereocenters. The normalized spacial score (nSPS) is 6.77. The Morgan fingerprint density at radius 3 is 0.846 bits per heavy atom. The molecule has 0 saturated carbocycles. The van der Waals surface area contributed by atoms with Crippen molar-refractivity contribution in [3.8, 4) is 0 Å². The van der Waals surface area contributed by atoms with Crippen LogP contribution in [0.2, 0.25) is 0 Å². The van der Waals surface area contributed by atoms with Crippen LogP contribution < -0.4 is 10.2 Å². The predicted molar refractivity (Wildman–Crippen MR) is 31.0 cm³/mol. The van der Waals surface area contributed by atoms with Gasteiger partial charge in [0.05, 0.1) is 0 Å². The maximum Gasteiger partial charge on any atom is 2.00 e. The van der Waals surface area contributed by atoms with Gasteiger partial charge in [0.15, 0.2) is 11.9 Å². The zero-order chi connectivity index (χ0) is 10.3. The SMILES string of the molecule is O=C([O-])C(=O)O.O=C([O-])C(=O)O.[Mg+2]. The first-order chi connectivity index (χ1) is 5.29. The average molecular weight is 202 g/mol. The minimum atomic E-state index is -2.07. The number of aliphatic carboxylic acids is 4. The van der Waals surface area contributed by atoms with Gasteiger partial charge in [-0.15, -0.1) is 0 Å². The van der Waals surface area contributed by atoms with E-state index in [0.717, 1.165) is 0 Å². The van der Waals surface area contributed by atoms with Crippen LogP contribution in [0.15, 0.2) is 0 Å². The average Bonchev–Trinajstić information content (AvgIpc) is 1.88. The Morgan fingerprint density at radius 1 is 0.769 bits per heavy atom. The fourth-order valence-electron chi connectivity index (χ4n) is 0. The first-order valence-corrected chi connectivity index (χ1v) is 2.17. The van der Waals surface area contributed by atoms with Crippen molar-refractivity contribution in [2.24, 2.45) is 0 Å². The van der Waals surface area contributed by atoms with Gasteiger partial charge in [0.2, 0.25) is 0 Å². The van der Waals surface area contributed by atoms with E-state index < -0.39 is 23.9 Å². The summed E-state index contributed by atoms with van der Waals surface area (Å²) in [7, 11) is 0. The number of rotatable bonds is 0. The van der Waals surface area contributed by atoms with Crippen LogP contribution in [0.25, 0.3) is 0 Å². The third kappa shape index (κ3) is 18.0. The van der Waals surface area contributed by atoms with E-state index in [0.29, 0.717) is 0 Å². The van der Waals surface area contributed by atoms with Crippen LogP contribution in [0.1, 0.15) is 0 Å². The summed E-state index contributed by atoms with van der Waals surface area (Å²) in [5, 5.41) is 32.6. The first-order valence-electron chi connectivity index (χ1n) is 2.17. The summed E-state index contributed by atoms with van der Waals surface area (Å²) in [5.74, 6) is -8.02. The fourth-order valence-corrected chi connectivity index (χ4v) is 0. The second-order valence-electron chi connectivity index (χ2n) is 1.19. The van der Waals surface area contributed by atoms with Crippen LogP contribution in [0.4, 0.5) is 0 Å². The Bertz CT molecular complexity index is 172. The minimum Gasteiger partial charge on any atom is -0.539 e. The molecule has 0 unspecified atom stereocenters. The van der Waals surface area contributed by atoms with E-state index in [2.05, 4.69) is 0 Å². The molecule has 0 aliphatic heterocycles. The molecule has 2 N–H and O–H groups in total. The van der Waals surface area contributed by atoms with Gasteiger partial charge in [-0.05, 0) is 0 Å². The van der Waals surface area contributed by atoms with E-state index in [1.807, 2.05) is 0 Å². The second kappa shape index (κ2) is 8.74. The maximum absolute atomic E-state index is 9.04. The van der Waals surface area contributed by atoms with Crippen LogP contribution in [-0.2, 0) is 19.2 Å². The summed E-state index contributed by atoms with van der Waals surface area (Å²) in [6, 6.07) is 0. The van der Waals surface area contributed by atoms with Crippen molar-refractivity contribution in [3.05, 3.63) is 0 Å². The molecular formula is C4H2MgO8. The van der Waals surface area contributed by atoms with Gasteiger partial charge in [0.25, 0.3) is 0 Å².